The van der Waals surface area contributed by atoms with Crippen molar-refractivity contribution in [2.75, 3.05) is 0 Å². The Morgan fingerprint density at radius 1 is 1.23 bits per heavy atom. The Morgan fingerprint density at radius 2 is 1.90 bits per heavy atom. The van der Waals surface area contributed by atoms with Crippen LogP contribution in [-0.4, -0.2) is 38.6 Å². The van der Waals surface area contributed by atoms with E-state index in [-0.39, 0.29) is 32.7 Å². The van der Waals surface area contributed by atoms with Crippen LogP contribution in [0.3, 0.4) is 0 Å². The lowest BCUT2D eigenvalue weighted by Crippen LogP contribution is -2.39. The summed E-state index contributed by atoms with van der Waals surface area (Å²) in [7, 11) is 0. The number of halogens is 3. The Hall–Kier alpha value is -3.46. The number of phenolic OH excluding ortho intramolecular Hbond substituents is 1. The highest BCUT2D eigenvalue weighted by Gasteiger charge is 2.27. The summed E-state index contributed by atoms with van der Waals surface area (Å²) < 4.78 is 29.9. The van der Waals surface area contributed by atoms with Gasteiger partial charge in [-0.2, -0.15) is 0 Å². The third kappa shape index (κ3) is 4.09. The second-order valence-corrected chi connectivity index (χ2v) is 7.37. The Balaban J connectivity index is 2.20. The van der Waals surface area contributed by atoms with Crippen LogP contribution in [0.1, 0.15) is 28.5 Å². The first kappa shape index (κ1) is 22.2. The maximum Gasteiger partial charge on any atom is 0.325 e. The van der Waals surface area contributed by atoms with Gasteiger partial charge >= 0.3 is 5.97 Å². The van der Waals surface area contributed by atoms with E-state index in [1.807, 2.05) is 0 Å². The van der Waals surface area contributed by atoms with E-state index in [4.69, 9.17) is 16.7 Å². The molecule has 3 N–H and O–H groups in total. The number of hydrogen-bond donors (Lipinski definition) is 3. The fourth-order valence-electron chi connectivity index (χ4n) is 3.30. The van der Waals surface area contributed by atoms with E-state index in [9.17, 15) is 28.3 Å². The van der Waals surface area contributed by atoms with Crippen LogP contribution in [0, 0.1) is 18.6 Å². The van der Waals surface area contributed by atoms with Crippen LogP contribution in [0.4, 0.5) is 8.78 Å². The summed E-state index contributed by atoms with van der Waals surface area (Å²) in [4.78, 5) is 36.4. The molecule has 3 aromatic rings. The number of carboxylic acid groups (broad SMARTS) is 1. The average Bonchev–Trinajstić information content (AvgIpc) is 2.96. The third-order valence-corrected chi connectivity index (χ3v) is 5.08. The van der Waals surface area contributed by atoms with Crippen LogP contribution in [0.15, 0.2) is 30.3 Å². The molecule has 0 aliphatic heterocycles. The molecule has 7 nitrogen and oxygen atoms in total. The van der Waals surface area contributed by atoms with Gasteiger partial charge in [0, 0.05) is 27.7 Å². The molecule has 1 heterocycles. The molecule has 1 atom stereocenters. The molecule has 1 aromatic heterocycles. The van der Waals surface area contributed by atoms with Crippen LogP contribution in [0.25, 0.3) is 10.9 Å². The molecule has 0 aliphatic rings. The standard InChI is InChI=1S/C21H17ClF2N2O5/c1-9(21(30)31)25-16(27)7-13-10(2)26(20(29)11-4-3-5-12(22)6-11)15-8-14(23)19(28)18(24)17(13)15/h3-6,8-9,28H,7H2,1-2H3,(H,25,27)(H,30,31). The summed E-state index contributed by atoms with van der Waals surface area (Å²) in [6.07, 6.45) is -0.502. The SMILES string of the molecule is Cc1c(CC(=O)NC(C)C(=O)O)c2c(F)c(O)c(F)cc2n1C(=O)c1cccc(Cl)c1. The summed E-state index contributed by atoms with van der Waals surface area (Å²) >= 11 is 5.94. The van der Waals surface area contributed by atoms with Crippen molar-refractivity contribution < 1.29 is 33.4 Å². The maximum atomic E-state index is 14.8. The lowest BCUT2D eigenvalue weighted by molar-refractivity contribution is -0.141. The van der Waals surface area contributed by atoms with E-state index in [0.717, 1.165) is 10.6 Å². The van der Waals surface area contributed by atoms with Crippen molar-refractivity contribution in [2.24, 2.45) is 0 Å². The zero-order chi connectivity index (χ0) is 23.0. The number of nitrogens with zero attached hydrogens (tertiary/aromatic N) is 1. The Bertz CT molecular complexity index is 1240. The monoisotopic (exact) mass is 450 g/mol. The maximum absolute atomic E-state index is 14.8. The number of amides is 1. The van der Waals surface area contributed by atoms with Crippen molar-refractivity contribution in [3.63, 3.8) is 0 Å². The van der Waals surface area contributed by atoms with Crippen molar-refractivity contribution in [3.8, 4) is 5.75 Å². The minimum absolute atomic E-state index is 0.00765. The summed E-state index contributed by atoms with van der Waals surface area (Å²) in [6, 6.07) is 5.52. The van der Waals surface area contributed by atoms with Gasteiger partial charge in [-0.15, -0.1) is 0 Å². The normalized spacial score (nSPS) is 12.0. The molecule has 0 radical (unpaired) electrons. The van der Waals surface area contributed by atoms with E-state index >= 15 is 0 Å². The van der Waals surface area contributed by atoms with E-state index < -0.39 is 47.6 Å². The van der Waals surface area contributed by atoms with Crippen LogP contribution in [0.5, 0.6) is 5.75 Å². The van der Waals surface area contributed by atoms with Gasteiger partial charge in [-0.3, -0.25) is 19.0 Å². The second-order valence-electron chi connectivity index (χ2n) is 6.93. The molecule has 1 unspecified atom stereocenters. The Labute approximate surface area is 179 Å². The predicted octanol–water partition coefficient (Wildman–Crippen LogP) is 3.41. The number of hydrogen-bond acceptors (Lipinski definition) is 4. The predicted molar refractivity (Wildman–Crippen MR) is 108 cm³/mol. The molecule has 31 heavy (non-hydrogen) atoms. The number of aromatic hydroxyl groups is 1. The number of phenols is 1. The lowest BCUT2D eigenvalue weighted by Gasteiger charge is -2.10. The topological polar surface area (TPSA) is 109 Å². The fraction of sp³-hybridized carbons (Fsp3) is 0.190. The van der Waals surface area contributed by atoms with Gasteiger partial charge in [0.25, 0.3) is 5.91 Å². The van der Waals surface area contributed by atoms with Gasteiger partial charge in [0.1, 0.15) is 6.04 Å². The van der Waals surface area contributed by atoms with Crippen molar-refractivity contribution in [1.29, 1.82) is 0 Å². The molecule has 0 aliphatic carbocycles. The molecule has 162 valence electrons. The molecule has 0 spiro atoms. The van der Waals surface area contributed by atoms with E-state index in [1.54, 1.807) is 6.07 Å². The number of aliphatic carboxylic acids is 1. The van der Waals surface area contributed by atoms with E-state index in [1.165, 1.54) is 32.0 Å². The highest BCUT2D eigenvalue weighted by molar-refractivity contribution is 6.31. The van der Waals surface area contributed by atoms with E-state index in [0.29, 0.717) is 0 Å². The summed E-state index contributed by atoms with van der Waals surface area (Å²) in [5, 5.41) is 20.9. The number of nitrogens with one attached hydrogen (secondary N) is 1. The molecule has 0 fully saturated rings. The number of carbonyl (C=O) groups is 3. The van der Waals surface area contributed by atoms with E-state index in [2.05, 4.69) is 5.32 Å². The molecule has 1 amide bonds. The zero-order valence-electron chi connectivity index (χ0n) is 16.4. The molecular weight excluding hydrogens is 434 g/mol. The van der Waals surface area contributed by atoms with Crippen LogP contribution in [-0.2, 0) is 16.0 Å². The molecule has 0 saturated carbocycles. The summed E-state index contributed by atoms with van der Waals surface area (Å²) in [5.74, 6) is -6.53. The molecule has 3 rings (SSSR count). The van der Waals surface area contributed by atoms with Crippen molar-refractivity contribution in [1.82, 2.24) is 9.88 Å². The van der Waals surface area contributed by atoms with Crippen LogP contribution >= 0.6 is 11.6 Å². The number of carboxylic acids is 1. The smallest absolute Gasteiger partial charge is 0.325 e. The van der Waals surface area contributed by atoms with Gasteiger partial charge < -0.3 is 15.5 Å². The van der Waals surface area contributed by atoms with Crippen molar-refractivity contribution in [2.45, 2.75) is 26.3 Å². The quantitative estimate of drug-likeness (QED) is 0.552. The molecule has 0 saturated heterocycles. The molecule has 10 heteroatoms. The van der Waals surface area contributed by atoms with Gasteiger partial charge in [0.15, 0.2) is 17.4 Å². The summed E-state index contributed by atoms with van der Waals surface area (Å²) in [5.41, 5.74) is 0.0801. The number of benzene rings is 2. The first-order chi connectivity index (χ1) is 14.5. The number of rotatable bonds is 5. The van der Waals surface area contributed by atoms with Crippen LogP contribution < -0.4 is 5.32 Å². The highest BCUT2D eigenvalue weighted by atomic mass is 35.5. The minimum Gasteiger partial charge on any atom is -0.503 e. The van der Waals surface area contributed by atoms with Gasteiger partial charge in [0.2, 0.25) is 5.91 Å². The minimum atomic E-state index is -1.33. The summed E-state index contributed by atoms with van der Waals surface area (Å²) in [6.45, 7) is 2.68. The lowest BCUT2D eigenvalue weighted by atomic mass is 10.1. The first-order valence-corrected chi connectivity index (χ1v) is 9.44. The number of fused-ring (bicyclic) bond motifs is 1. The molecular formula is C21H17ClF2N2O5. The number of carbonyl (C=O) groups excluding carboxylic acids is 2. The fourth-order valence-corrected chi connectivity index (χ4v) is 3.49. The van der Waals surface area contributed by atoms with Crippen LogP contribution in [0.2, 0.25) is 5.02 Å². The zero-order valence-corrected chi connectivity index (χ0v) is 17.1. The van der Waals surface area contributed by atoms with Gasteiger partial charge in [-0.1, -0.05) is 17.7 Å². The third-order valence-electron chi connectivity index (χ3n) is 4.85. The highest BCUT2D eigenvalue weighted by Crippen LogP contribution is 2.35. The first-order valence-electron chi connectivity index (χ1n) is 9.06. The van der Waals surface area contributed by atoms with Gasteiger partial charge in [0.05, 0.1) is 11.9 Å². The molecule has 2 aromatic carbocycles. The number of aromatic nitrogens is 1. The van der Waals surface area contributed by atoms with Crippen molar-refractivity contribution >= 4 is 40.3 Å². The largest absolute Gasteiger partial charge is 0.503 e. The Morgan fingerprint density at radius 3 is 2.52 bits per heavy atom. The van der Waals surface area contributed by atoms with Crippen molar-refractivity contribution in [3.05, 3.63) is 63.8 Å². The Kier molecular flexibility index (Phi) is 5.99. The second kappa shape index (κ2) is 8.35. The average molecular weight is 451 g/mol. The molecule has 0 bridgehead atoms. The van der Waals surface area contributed by atoms with Gasteiger partial charge in [-0.05, 0) is 37.6 Å². The van der Waals surface area contributed by atoms with Gasteiger partial charge in [-0.25, -0.2) is 8.78 Å².